The molecule has 0 aliphatic heterocycles. The van der Waals surface area contributed by atoms with Gasteiger partial charge in [-0.15, -0.1) is 0 Å². The van der Waals surface area contributed by atoms with E-state index >= 15 is 0 Å². The van der Waals surface area contributed by atoms with Crippen LogP contribution in [-0.2, 0) is 4.79 Å². The van der Waals surface area contributed by atoms with Crippen molar-refractivity contribution < 1.29 is 4.79 Å². The van der Waals surface area contributed by atoms with E-state index in [-0.39, 0.29) is 6.42 Å². The second-order valence-corrected chi connectivity index (χ2v) is 3.55. The van der Waals surface area contributed by atoms with E-state index in [0.29, 0.717) is 22.2 Å². The van der Waals surface area contributed by atoms with E-state index in [9.17, 15) is 4.79 Å². The lowest BCUT2D eigenvalue weighted by Crippen LogP contribution is -2.11. The number of carbonyl (C=O) groups excluding carboxylic acids is 1. The molecule has 0 spiro atoms. The number of hydrogen-bond acceptors (Lipinski definition) is 4. The van der Waals surface area contributed by atoms with E-state index in [4.69, 9.17) is 10.5 Å². The molecule has 1 aromatic heterocycles. The van der Waals surface area contributed by atoms with Crippen LogP contribution >= 0.6 is 0 Å². The topological polar surface area (TPSA) is 89.6 Å². The van der Waals surface area contributed by atoms with E-state index in [2.05, 4.69) is 10.3 Å². The molecule has 5 nitrogen and oxygen atoms in total. The number of amides is 1. The summed E-state index contributed by atoms with van der Waals surface area (Å²) in [5.74, 6) is -0.433. The zero-order valence-corrected chi connectivity index (χ0v) is 9.34. The van der Waals surface area contributed by atoms with Gasteiger partial charge >= 0.3 is 0 Å². The third-order valence-electron chi connectivity index (χ3n) is 2.41. The number of carbonyl (C=O) groups is 1. The van der Waals surface area contributed by atoms with Crippen LogP contribution < -0.4 is 5.32 Å². The maximum Gasteiger partial charge on any atom is 0.238 e. The van der Waals surface area contributed by atoms with Crippen LogP contribution in [0.4, 0.5) is 5.69 Å². The molecule has 2 aromatic rings. The molecule has 0 saturated carbocycles. The number of fused-ring (bicyclic) bond motifs is 1. The van der Waals surface area contributed by atoms with Crippen LogP contribution in [0, 0.1) is 22.7 Å². The monoisotopic (exact) mass is 236 g/mol. The van der Waals surface area contributed by atoms with Crippen LogP contribution in [0.2, 0.25) is 0 Å². The van der Waals surface area contributed by atoms with Crippen molar-refractivity contribution in [3.05, 3.63) is 36.0 Å². The Morgan fingerprint density at radius 1 is 1.33 bits per heavy atom. The number of rotatable bonds is 2. The number of hydrogen-bond donors (Lipinski definition) is 1. The van der Waals surface area contributed by atoms with Crippen LogP contribution in [-0.4, -0.2) is 10.9 Å². The van der Waals surface area contributed by atoms with Crippen molar-refractivity contribution in [2.45, 2.75) is 6.42 Å². The molecule has 0 fully saturated rings. The lowest BCUT2D eigenvalue weighted by Gasteiger charge is -2.07. The zero-order chi connectivity index (χ0) is 13.0. The Bertz CT molecular complexity index is 694. The predicted molar refractivity (Wildman–Crippen MR) is 65.3 cm³/mol. The van der Waals surface area contributed by atoms with Gasteiger partial charge in [-0.3, -0.25) is 9.78 Å². The van der Waals surface area contributed by atoms with E-state index < -0.39 is 5.91 Å². The lowest BCUT2D eigenvalue weighted by molar-refractivity contribution is -0.115. The molecular weight excluding hydrogens is 228 g/mol. The summed E-state index contributed by atoms with van der Waals surface area (Å²) in [5, 5.41) is 20.8. The Hall–Kier alpha value is -2.92. The van der Waals surface area contributed by atoms with E-state index in [1.165, 1.54) is 0 Å². The molecule has 2 rings (SSSR count). The minimum Gasteiger partial charge on any atom is -0.324 e. The van der Waals surface area contributed by atoms with Gasteiger partial charge in [-0.05, 0) is 24.3 Å². The van der Waals surface area contributed by atoms with Crippen molar-refractivity contribution in [2.24, 2.45) is 0 Å². The zero-order valence-electron chi connectivity index (χ0n) is 9.34. The van der Waals surface area contributed by atoms with Gasteiger partial charge in [-0.25, -0.2) is 0 Å². The summed E-state index contributed by atoms with van der Waals surface area (Å²) in [4.78, 5) is 15.5. The molecule has 86 valence electrons. The fraction of sp³-hybridized carbons (Fsp3) is 0.0769. The first-order valence-corrected chi connectivity index (χ1v) is 5.21. The molecule has 0 atom stereocenters. The van der Waals surface area contributed by atoms with E-state index in [1.54, 1.807) is 36.5 Å². The summed E-state index contributed by atoms with van der Waals surface area (Å²) in [6.45, 7) is 0. The maximum atomic E-state index is 11.4. The lowest BCUT2D eigenvalue weighted by atomic mass is 10.1. The van der Waals surface area contributed by atoms with Crippen molar-refractivity contribution in [3.8, 4) is 12.1 Å². The number of nitrogens with zero attached hydrogens (tertiary/aromatic N) is 3. The van der Waals surface area contributed by atoms with Gasteiger partial charge in [0.15, 0.2) is 0 Å². The second kappa shape index (κ2) is 4.94. The Kier molecular flexibility index (Phi) is 3.17. The van der Waals surface area contributed by atoms with Gasteiger partial charge in [-0.1, -0.05) is 0 Å². The summed E-state index contributed by atoms with van der Waals surface area (Å²) in [7, 11) is 0. The highest BCUT2D eigenvalue weighted by atomic mass is 16.1. The first-order chi connectivity index (χ1) is 8.76. The molecule has 0 saturated heterocycles. The van der Waals surface area contributed by atoms with Crippen LogP contribution in [0.15, 0.2) is 30.5 Å². The van der Waals surface area contributed by atoms with Gasteiger partial charge in [0.05, 0.1) is 22.8 Å². The first kappa shape index (κ1) is 11.6. The summed E-state index contributed by atoms with van der Waals surface area (Å²) < 4.78 is 0. The van der Waals surface area contributed by atoms with E-state index in [0.717, 1.165) is 0 Å². The SMILES string of the molecule is N#CCC(=O)Nc1ccc2ncccc2c1C#N. The molecule has 5 heteroatoms. The molecule has 1 N–H and O–H groups in total. The Morgan fingerprint density at radius 2 is 2.17 bits per heavy atom. The van der Waals surface area contributed by atoms with Gasteiger partial charge in [0.25, 0.3) is 0 Å². The molecule has 0 radical (unpaired) electrons. The molecule has 1 heterocycles. The van der Waals surface area contributed by atoms with Gasteiger partial charge in [0.1, 0.15) is 12.5 Å². The quantitative estimate of drug-likeness (QED) is 0.862. The molecule has 0 aliphatic rings. The van der Waals surface area contributed by atoms with Crippen LogP contribution in [0.1, 0.15) is 12.0 Å². The number of nitriles is 2. The van der Waals surface area contributed by atoms with Crippen molar-refractivity contribution in [3.63, 3.8) is 0 Å². The summed E-state index contributed by atoms with van der Waals surface area (Å²) >= 11 is 0. The molecule has 0 bridgehead atoms. The Labute approximate surface area is 103 Å². The van der Waals surface area contributed by atoms with Gasteiger partial charge in [0.2, 0.25) is 5.91 Å². The third kappa shape index (κ3) is 2.11. The number of benzene rings is 1. The summed E-state index contributed by atoms with van der Waals surface area (Å²) in [6, 6.07) is 10.6. The average molecular weight is 236 g/mol. The number of nitrogens with one attached hydrogen (secondary N) is 1. The van der Waals surface area contributed by atoms with Crippen LogP contribution in [0.3, 0.4) is 0 Å². The maximum absolute atomic E-state index is 11.4. The van der Waals surface area contributed by atoms with E-state index in [1.807, 2.05) is 6.07 Å². The normalized spacial score (nSPS) is 9.44. The fourth-order valence-electron chi connectivity index (χ4n) is 1.64. The van der Waals surface area contributed by atoms with Gasteiger partial charge < -0.3 is 5.32 Å². The number of aromatic nitrogens is 1. The number of pyridine rings is 1. The third-order valence-corrected chi connectivity index (χ3v) is 2.41. The molecule has 0 aliphatic carbocycles. The minimum atomic E-state index is -0.433. The number of anilines is 1. The second-order valence-electron chi connectivity index (χ2n) is 3.55. The fourth-order valence-corrected chi connectivity index (χ4v) is 1.64. The molecule has 0 unspecified atom stereocenters. The highest BCUT2D eigenvalue weighted by Crippen LogP contribution is 2.24. The standard InChI is InChI=1S/C13H8N4O/c14-6-5-13(18)17-12-4-3-11-9(10(12)8-15)2-1-7-16-11/h1-4,7H,5H2,(H,17,18). The smallest absolute Gasteiger partial charge is 0.238 e. The van der Waals surface area contributed by atoms with Crippen LogP contribution in [0.25, 0.3) is 10.9 Å². The average Bonchev–Trinajstić information content (AvgIpc) is 2.38. The molecule has 1 aromatic carbocycles. The predicted octanol–water partition coefficient (Wildman–Crippen LogP) is 1.96. The minimum absolute atomic E-state index is 0.240. The largest absolute Gasteiger partial charge is 0.324 e. The Balaban J connectivity index is 2.50. The molecule has 18 heavy (non-hydrogen) atoms. The van der Waals surface area contributed by atoms with Crippen molar-refractivity contribution >= 4 is 22.5 Å². The molecular formula is C13H8N4O. The first-order valence-electron chi connectivity index (χ1n) is 5.21. The van der Waals surface area contributed by atoms with Crippen molar-refractivity contribution in [1.29, 1.82) is 10.5 Å². The summed E-state index contributed by atoms with van der Waals surface area (Å²) in [6.07, 6.45) is 1.40. The Morgan fingerprint density at radius 3 is 2.89 bits per heavy atom. The molecule has 1 amide bonds. The highest BCUT2D eigenvalue weighted by molar-refractivity contribution is 5.98. The van der Waals surface area contributed by atoms with Gasteiger partial charge in [0, 0.05) is 11.6 Å². The van der Waals surface area contributed by atoms with Crippen molar-refractivity contribution in [1.82, 2.24) is 4.98 Å². The van der Waals surface area contributed by atoms with Crippen molar-refractivity contribution in [2.75, 3.05) is 5.32 Å². The highest BCUT2D eigenvalue weighted by Gasteiger charge is 2.10. The van der Waals surface area contributed by atoms with Gasteiger partial charge in [-0.2, -0.15) is 10.5 Å². The summed E-state index contributed by atoms with van der Waals surface area (Å²) in [5.41, 5.74) is 1.44. The van der Waals surface area contributed by atoms with Crippen LogP contribution in [0.5, 0.6) is 0 Å².